The summed E-state index contributed by atoms with van der Waals surface area (Å²) in [6, 6.07) is 3.65. The summed E-state index contributed by atoms with van der Waals surface area (Å²) in [6.07, 6.45) is 1.70. The standard InChI is InChI=1S/C11H11FN2O2.C2H6/c12-7-2-1-3-9-10(7)6(5-14-9)4-8(13)11(15)16;1-2/h1-3,5,8,14H,4,13H2,(H,15,16);1-2H3. The number of nitrogens with one attached hydrogen (secondary N) is 1. The SMILES string of the molecule is CC.NC(Cc1c[nH]c2cccc(F)c12)C(=O)O. The number of carboxylic acids is 1. The zero-order valence-electron chi connectivity index (χ0n) is 10.4. The van der Waals surface area contributed by atoms with Gasteiger partial charge in [-0.05, 0) is 17.7 Å². The zero-order valence-corrected chi connectivity index (χ0v) is 10.4. The van der Waals surface area contributed by atoms with E-state index in [2.05, 4.69) is 4.98 Å². The molecule has 2 rings (SSSR count). The number of carboxylic acid groups (broad SMARTS) is 1. The maximum Gasteiger partial charge on any atom is 0.320 e. The molecular weight excluding hydrogens is 235 g/mol. The summed E-state index contributed by atoms with van der Waals surface area (Å²) < 4.78 is 13.5. The van der Waals surface area contributed by atoms with Gasteiger partial charge in [-0.15, -0.1) is 0 Å². The van der Waals surface area contributed by atoms with Crippen molar-refractivity contribution >= 4 is 16.9 Å². The molecule has 1 aromatic heterocycles. The van der Waals surface area contributed by atoms with Crippen LogP contribution in [-0.4, -0.2) is 22.1 Å². The van der Waals surface area contributed by atoms with Crippen molar-refractivity contribution in [2.45, 2.75) is 26.3 Å². The number of aliphatic carboxylic acids is 1. The number of aromatic amines is 1. The van der Waals surface area contributed by atoms with Crippen LogP contribution < -0.4 is 5.73 Å². The molecule has 4 nitrogen and oxygen atoms in total. The zero-order chi connectivity index (χ0) is 13.7. The molecule has 0 aliphatic rings. The summed E-state index contributed by atoms with van der Waals surface area (Å²) in [5.41, 5.74) is 6.64. The first-order valence-electron chi connectivity index (χ1n) is 5.82. The van der Waals surface area contributed by atoms with E-state index in [1.165, 1.54) is 6.07 Å². The van der Waals surface area contributed by atoms with Crippen LogP contribution >= 0.6 is 0 Å². The fourth-order valence-corrected chi connectivity index (χ4v) is 1.69. The van der Waals surface area contributed by atoms with Gasteiger partial charge >= 0.3 is 5.97 Å². The lowest BCUT2D eigenvalue weighted by atomic mass is 10.1. The number of rotatable bonds is 3. The van der Waals surface area contributed by atoms with Crippen molar-refractivity contribution in [3.63, 3.8) is 0 Å². The molecule has 0 saturated heterocycles. The monoisotopic (exact) mass is 252 g/mol. The first-order valence-corrected chi connectivity index (χ1v) is 5.82. The molecule has 2 aromatic rings. The van der Waals surface area contributed by atoms with Crippen LogP contribution in [0.2, 0.25) is 0 Å². The molecule has 1 atom stereocenters. The minimum absolute atomic E-state index is 0.107. The minimum Gasteiger partial charge on any atom is -0.480 e. The predicted octanol–water partition coefficient (Wildman–Crippen LogP) is 2.29. The topological polar surface area (TPSA) is 79.1 Å². The molecule has 1 aromatic carbocycles. The highest BCUT2D eigenvalue weighted by molar-refractivity contribution is 5.84. The molecule has 0 bridgehead atoms. The van der Waals surface area contributed by atoms with E-state index in [1.54, 1.807) is 18.3 Å². The highest BCUT2D eigenvalue weighted by atomic mass is 19.1. The lowest BCUT2D eigenvalue weighted by Crippen LogP contribution is -2.32. The molecule has 0 radical (unpaired) electrons. The Morgan fingerprint density at radius 3 is 2.78 bits per heavy atom. The Morgan fingerprint density at radius 1 is 1.50 bits per heavy atom. The van der Waals surface area contributed by atoms with Gasteiger partial charge in [0.05, 0.1) is 0 Å². The van der Waals surface area contributed by atoms with Crippen LogP contribution in [0.15, 0.2) is 24.4 Å². The molecule has 0 aliphatic heterocycles. The molecule has 0 aliphatic carbocycles. The van der Waals surface area contributed by atoms with Gasteiger partial charge in [-0.3, -0.25) is 4.79 Å². The van der Waals surface area contributed by atoms with Gasteiger partial charge in [-0.25, -0.2) is 4.39 Å². The van der Waals surface area contributed by atoms with E-state index < -0.39 is 12.0 Å². The van der Waals surface area contributed by atoms with Gasteiger partial charge in [0.15, 0.2) is 0 Å². The van der Waals surface area contributed by atoms with Gasteiger partial charge < -0.3 is 15.8 Å². The number of carbonyl (C=O) groups is 1. The average Bonchev–Trinajstić information content (AvgIpc) is 2.76. The number of hydrogen-bond acceptors (Lipinski definition) is 2. The Balaban J connectivity index is 0.000000771. The molecule has 0 fully saturated rings. The van der Waals surface area contributed by atoms with Crippen LogP contribution in [0.1, 0.15) is 19.4 Å². The third-order valence-corrected chi connectivity index (χ3v) is 2.49. The Bertz CT molecular complexity index is 537. The number of H-pyrrole nitrogens is 1. The van der Waals surface area contributed by atoms with Gasteiger partial charge in [-0.2, -0.15) is 0 Å². The molecule has 5 heteroatoms. The van der Waals surface area contributed by atoms with Crippen molar-refractivity contribution in [3.05, 3.63) is 35.8 Å². The van der Waals surface area contributed by atoms with Crippen molar-refractivity contribution in [1.29, 1.82) is 0 Å². The third-order valence-electron chi connectivity index (χ3n) is 2.49. The molecule has 1 unspecified atom stereocenters. The summed E-state index contributed by atoms with van der Waals surface area (Å²) in [7, 11) is 0. The normalized spacial score (nSPS) is 11.8. The molecule has 0 amide bonds. The largest absolute Gasteiger partial charge is 0.480 e. The van der Waals surface area contributed by atoms with E-state index in [0.717, 1.165) is 0 Å². The second-order valence-corrected chi connectivity index (χ2v) is 3.63. The Morgan fingerprint density at radius 2 is 2.17 bits per heavy atom. The lowest BCUT2D eigenvalue weighted by molar-refractivity contribution is -0.138. The summed E-state index contributed by atoms with van der Waals surface area (Å²) in [5.74, 6) is -1.46. The van der Waals surface area contributed by atoms with E-state index >= 15 is 0 Å². The molecule has 4 N–H and O–H groups in total. The van der Waals surface area contributed by atoms with Gasteiger partial charge in [0.1, 0.15) is 11.9 Å². The van der Waals surface area contributed by atoms with E-state index in [-0.39, 0.29) is 12.2 Å². The summed E-state index contributed by atoms with van der Waals surface area (Å²) in [5, 5.41) is 9.11. The highest BCUT2D eigenvalue weighted by Crippen LogP contribution is 2.22. The average molecular weight is 252 g/mol. The van der Waals surface area contributed by atoms with Crippen LogP contribution in [0.3, 0.4) is 0 Å². The van der Waals surface area contributed by atoms with Crippen LogP contribution in [0.25, 0.3) is 10.9 Å². The van der Waals surface area contributed by atoms with Crippen molar-refractivity contribution < 1.29 is 14.3 Å². The molecule has 0 spiro atoms. The quantitative estimate of drug-likeness (QED) is 0.784. The van der Waals surface area contributed by atoms with Gasteiger partial charge in [-0.1, -0.05) is 19.9 Å². The number of nitrogens with two attached hydrogens (primary N) is 1. The maximum atomic E-state index is 13.5. The first kappa shape index (κ1) is 14.2. The molecule has 0 saturated carbocycles. The molecule has 1 heterocycles. The van der Waals surface area contributed by atoms with E-state index in [9.17, 15) is 9.18 Å². The number of aromatic nitrogens is 1. The highest BCUT2D eigenvalue weighted by Gasteiger charge is 2.16. The van der Waals surface area contributed by atoms with Crippen molar-refractivity contribution in [2.75, 3.05) is 0 Å². The van der Waals surface area contributed by atoms with Crippen LogP contribution in [0, 0.1) is 5.82 Å². The second-order valence-electron chi connectivity index (χ2n) is 3.63. The number of benzene rings is 1. The number of halogens is 1. The lowest BCUT2D eigenvalue weighted by Gasteiger charge is -2.05. The fraction of sp³-hybridized carbons (Fsp3) is 0.308. The maximum absolute atomic E-state index is 13.5. The number of fused-ring (bicyclic) bond motifs is 1. The Kier molecular flexibility index (Phi) is 4.85. The van der Waals surface area contributed by atoms with Gasteiger partial charge in [0, 0.05) is 23.5 Å². The summed E-state index contributed by atoms with van der Waals surface area (Å²) >= 11 is 0. The molecular formula is C13H17FN2O2. The molecule has 98 valence electrons. The smallest absolute Gasteiger partial charge is 0.320 e. The second kappa shape index (κ2) is 6.16. The summed E-state index contributed by atoms with van der Waals surface area (Å²) in [4.78, 5) is 13.5. The van der Waals surface area contributed by atoms with Crippen molar-refractivity contribution in [1.82, 2.24) is 4.98 Å². The predicted molar refractivity (Wildman–Crippen MR) is 68.9 cm³/mol. The fourth-order valence-electron chi connectivity index (χ4n) is 1.69. The van der Waals surface area contributed by atoms with Gasteiger partial charge in [0.25, 0.3) is 0 Å². The van der Waals surface area contributed by atoms with Crippen molar-refractivity contribution in [3.8, 4) is 0 Å². The van der Waals surface area contributed by atoms with Gasteiger partial charge in [0.2, 0.25) is 0 Å². The van der Waals surface area contributed by atoms with Crippen LogP contribution in [0.5, 0.6) is 0 Å². The Hall–Kier alpha value is -1.88. The van der Waals surface area contributed by atoms with E-state index in [4.69, 9.17) is 10.8 Å². The Labute approximate surface area is 105 Å². The van der Waals surface area contributed by atoms with Crippen LogP contribution in [-0.2, 0) is 11.2 Å². The minimum atomic E-state index is -1.09. The van der Waals surface area contributed by atoms with Crippen molar-refractivity contribution in [2.24, 2.45) is 5.73 Å². The van der Waals surface area contributed by atoms with Crippen LogP contribution in [0.4, 0.5) is 4.39 Å². The summed E-state index contributed by atoms with van der Waals surface area (Å²) in [6.45, 7) is 4.00. The third kappa shape index (κ3) is 2.87. The first-order chi connectivity index (χ1) is 8.59. The van der Waals surface area contributed by atoms with E-state index in [0.29, 0.717) is 16.5 Å². The number of hydrogen-bond donors (Lipinski definition) is 3. The van der Waals surface area contributed by atoms with E-state index in [1.807, 2.05) is 13.8 Å². The molecule has 18 heavy (non-hydrogen) atoms.